The van der Waals surface area contributed by atoms with Gasteiger partial charge in [0, 0.05) is 0 Å². The van der Waals surface area contributed by atoms with Crippen molar-refractivity contribution in [2.45, 2.75) is 47.6 Å². The van der Waals surface area contributed by atoms with Crippen molar-refractivity contribution >= 4 is 0 Å². The molecule has 112 valence electrons. The highest BCUT2D eigenvalue weighted by molar-refractivity contribution is 5.45. The minimum atomic E-state index is 0.272. The van der Waals surface area contributed by atoms with Crippen molar-refractivity contribution in [3.8, 4) is 0 Å². The first-order valence-corrected chi connectivity index (χ1v) is 7.81. The molecular formula is C20H27N. The molecule has 1 nitrogen and oxygen atoms in total. The first-order valence-electron chi connectivity index (χ1n) is 7.81. The number of aryl methyl sites for hydroxylation is 5. The smallest absolute Gasteiger partial charge is 0.0582 e. The van der Waals surface area contributed by atoms with Crippen LogP contribution >= 0.6 is 0 Å². The van der Waals surface area contributed by atoms with Gasteiger partial charge in [-0.15, -0.1) is 0 Å². The van der Waals surface area contributed by atoms with E-state index in [1.807, 2.05) is 0 Å². The van der Waals surface area contributed by atoms with E-state index in [9.17, 15) is 0 Å². The van der Waals surface area contributed by atoms with Crippen molar-refractivity contribution in [3.63, 3.8) is 0 Å². The Morgan fingerprint density at radius 2 is 1.24 bits per heavy atom. The molecule has 2 aromatic rings. The summed E-state index contributed by atoms with van der Waals surface area (Å²) in [6, 6.07) is 11.7. The molecule has 1 heteroatoms. The number of benzene rings is 2. The lowest BCUT2D eigenvalue weighted by atomic mass is 9.88. The molecule has 0 fully saturated rings. The van der Waals surface area contributed by atoms with Gasteiger partial charge in [0.1, 0.15) is 0 Å². The van der Waals surface area contributed by atoms with E-state index in [-0.39, 0.29) is 6.04 Å². The van der Waals surface area contributed by atoms with Crippen LogP contribution in [-0.2, 0) is 0 Å². The molecule has 0 saturated heterocycles. The average Bonchev–Trinajstić information content (AvgIpc) is 2.35. The zero-order valence-electron chi connectivity index (χ0n) is 14.2. The quantitative estimate of drug-likeness (QED) is 0.838. The molecule has 0 aliphatic heterocycles. The summed E-state index contributed by atoms with van der Waals surface area (Å²) in [7, 11) is 0. The molecule has 21 heavy (non-hydrogen) atoms. The second kappa shape index (κ2) is 6.44. The summed E-state index contributed by atoms with van der Waals surface area (Å²) in [6.07, 6.45) is 0. The van der Waals surface area contributed by atoms with Crippen molar-refractivity contribution in [1.82, 2.24) is 5.32 Å². The van der Waals surface area contributed by atoms with Crippen molar-refractivity contribution in [3.05, 3.63) is 69.3 Å². The zero-order valence-corrected chi connectivity index (χ0v) is 14.2. The van der Waals surface area contributed by atoms with E-state index in [1.54, 1.807) is 0 Å². The van der Waals surface area contributed by atoms with E-state index in [1.165, 1.54) is 38.9 Å². The SMILES string of the molecule is CCNC(c1cc(C)cc(C)c1)c1c(C)cc(C)cc1C. The maximum absolute atomic E-state index is 3.67. The summed E-state index contributed by atoms with van der Waals surface area (Å²) in [4.78, 5) is 0. The van der Waals surface area contributed by atoms with Gasteiger partial charge in [0.2, 0.25) is 0 Å². The fourth-order valence-electron chi connectivity index (χ4n) is 3.41. The van der Waals surface area contributed by atoms with E-state index < -0.39 is 0 Å². The van der Waals surface area contributed by atoms with Crippen LogP contribution in [0.5, 0.6) is 0 Å². The number of hydrogen-bond donors (Lipinski definition) is 1. The van der Waals surface area contributed by atoms with Gasteiger partial charge in [0.25, 0.3) is 0 Å². The summed E-state index contributed by atoms with van der Waals surface area (Å²) < 4.78 is 0. The van der Waals surface area contributed by atoms with E-state index in [0.717, 1.165) is 6.54 Å². The van der Waals surface area contributed by atoms with E-state index in [0.29, 0.717) is 0 Å². The minimum absolute atomic E-state index is 0.272. The Bertz CT molecular complexity index is 597. The molecule has 1 N–H and O–H groups in total. The lowest BCUT2D eigenvalue weighted by molar-refractivity contribution is 0.623. The van der Waals surface area contributed by atoms with Crippen molar-refractivity contribution < 1.29 is 0 Å². The second-order valence-corrected chi connectivity index (χ2v) is 6.22. The third-order valence-electron chi connectivity index (χ3n) is 4.01. The molecule has 2 rings (SSSR count). The first-order chi connectivity index (χ1) is 9.92. The molecule has 0 aliphatic carbocycles. The predicted octanol–water partition coefficient (Wildman–Crippen LogP) is 4.93. The molecule has 2 aromatic carbocycles. The van der Waals surface area contributed by atoms with Gasteiger partial charge in [-0.1, -0.05) is 53.9 Å². The third-order valence-corrected chi connectivity index (χ3v) is 4.01. The number of rotatable bonds is 4. The van der Waals surface area contributed by atoms with Gasteiger partial charge in [0.15, 0.2) is 0 Å². The van der Waals surface area contributed by atoms with Gasteiger partial charge < -0.3 is 5.32 Å². The first kappa shape index (κ1) is 15.8. The van der Waals surface area contributed by atoms with Crippen LogP contribution < -0.4 is 5.32 Å². The molecular weight excluding hydrogens is 254 g/mol. The molecule has 0 aromatic heterocycles. The highest BCUT2D eigenvalue weighted by atomic mass is 14.9. The highest BCUT2D eigenvalue weighted by Gasteiger charge is 2.18. The lowest BCUT2D eigenvalue weighted by Crippen LogP contribution is -2.24. The average molecular weight is 281 g/mol. The van der Waals surface area contributed by atoms with Crippen LogP contribution in [0.2, 0.25) is 0 Å². The maximum atomic E-state index is 3.67. The Labute approximate surface area is 129 Å². The Balaban J connectivity index is 2.58. The van der Waals surface area contributed by atoms with Crippen LogP contribution in [-0.4, -0.2) is 6.54 Å². The summed E-state index contributed by atoms with van der Waals surface area (Å²) in [5.74, 6) is 0. The van der Waals surface area contributed by atoms with Crippen molar-refractivity contribution in [2.24, 2.45) is 0 Å². The minimum Gasteiger partial charge on any atom is -0.307 e. The Morgan fingerprint density at radius 3 is 1.71 bits per heavy atom. The molecule has 0 aliphatic rings. The van der Waals surface area contributed by atoms with Crippen LogP contribution in [0, 0.1) is 34.6 Å². The van der Waals surface area contributed by atoms with Crippen LogP contribution in [0.3, 0.4) is 0 Å². The van der Waals surface area contributed by atoms with Gasteiger partial charge >= 0.3 is 0 Å². The molecule has 0 bridgehead atoms. The van der Waals surface area contributed by atoms with E-state index in [2.05, 4.69) is 77.2 Å². The third kappa shape index (κ3) is 3.54. The normalized spacial score (nSPS) is 12.5. The van der Waals surface area contributed by atoms with Crippen LogP contribution in [0.1, 0.15) is 51.9 Å². The van der Waals surface area contributed by atoms with Gasteiger partial charge in [-0.05, 0) is 63.4 Å². The van der Waals surface area contributed by atoms with Gasteiger partial charge in [-0.3, -0.25) is 0 Å². The van der Waals surface area contributed by atoms with Gasteiger partial charge in [-0.25, -0.2) is 0 Å². The Hall–Kier alpha value is -1.60. The molecule has 0 heterocycles. The summed E-state index contributed by atoms with van der Waals surface area (Å²) in [5.41, 5.74) is 9.53. The molecule has 0 saturated carbocycles. The van der Waals surface area contributed by atoms with Crippen LogP contribution in [0.4, 0.5) is 0 Å². The van der Waals surface area contributed by atoms with E-state index in [4.69, 9.17) is 0 Å². The van der Waals surface area contributed by atoms with Crippen LogP contribution in [0.25, 0.3) is 0 Å². The van der Waals surface area contributed by atoms with Gasteiger partial charge in [-0.2, -0.15) is 0 Å². The summed E-state index contributed by atoms with van der Waals surface area (Å²) in [6.45, 7) is 14.1. The lowest BCUT2D eigenvalue weighted by Gasteiger charge is -2.24. The highest BCUT2D eigenvalue weighted by Crippen LogP contribution is 2.30. The maximum Gasteiger partial charge on any atom is 0.0582 e. The standard InChI is InChI=1S/C20H27N/c1-7-21-20(18-11-13(2)8-14(3)12-18)19-16(5)9-15(4)10-17(19)6/h8-12,20-21H,7H2,1-6H3. The summed E-state index contributed by atoms with van der Waals surface area (Å²) >= 11 is 0. The topological polar surface area (TPSA) is 12.0 Å². The Morgan fingerprint density at radius 1 is 0.762 bits per heavy atom. The summed E-state index contributed by atoms with van der Waals surface area (Å²) in [5, 5.41) is 3.67. The number of hydrogen-bond acceptors (Lipinski definition) is 1. The fourth-order valence-corrected chi connectivity index (χ4v) is 3.41. The van der Waals surface area contributed by atoms with Crippen molar-refractivity contribution in [2.75, 3.05) is 6.54 Å². The second-order valence-electron chi connectivity index (χ2n) is 6.22. The van der Waals surface area contributed by atoms with Crippen molar-refractivity contribution in [1.29, 1.82) is 0 Å². The Kier molecular flexibility index (Phi) is 4.84. The van der Waals surface area contributed by atoms with Gasteiger partial charge in [0.05, 0.1) is 6.04 Å². The molecule has 0 radical (unpaired) electrons. The zero-order chi connectivity index (χ0) is 15.6. The van der Waals surface area contributed by atoms with E-state index >= 15 is 0 Å². The molecule has 0 amide bonds. The molecule has 0 spiro atoms. The molecule has 1 atom stereocenters. The molecule has 1 unspecified atom stereocenters. The largest absolute Gasteiger partial charge is 0.307 e. The fraction of sp³-hybridized carbons (Fsp3) is 0.400. The monoisotopic (exact) mass is 281 g/mol. The number of nitrogens with one attached hydrogen (secondary N) is 1. The predicted molar refractivity (Wildman–Crippen MR) is 92.1 cm³/mol. The van der Waals surface area contributed by atoms with Crippen LogP contribution in [0.15, 0.2) is 30.3 Å².